The molecule has 2 aromatic rings. The van der Waals surface area contributed by atoms with E-state index < -0.39 is 0 Å². The molecule has 2 rings (SSSR count). The van der Waals surface area contributed by atoms with Gasteiger partial charge in [0.2, 0.25) is 0 Å². The van der Waals surface area contributed by atoms with Crippen molar-refractivity contribution in [3.63, 3.8) is 0 Å². The molecular weight excluding hydrogens is 314 g/mol. The fraction of sp³-hybridized carbons (Fsp3) is 0.429. The van der Waals surface area contributed by atoms with Crippen LogP contribution in [0.2, 0.25) is 0 Å². The van der Waals surface area contributed by atoms with Crippen molar-refractivity contribution < 1.29 is 14.2 Å². The van der Waals surface area contributed by atoms with Gasteiger partial charge in [0.05, 0.1) is 12.7 Å². The van der Waals surface area contributed by atoms with Crippen LogP contribution in [0.1, 0.15) is 32.8 Å². The van der Waals surface area contributed by atoms with Gasteiger partial charge >= 0.3 is 0 Å². The topological polar surface area (TPSA) is 39.7 Å². The number of benzene rings is 2. The molecule has 0 heterocycles. The monoisotopic (exact) mass is 343 g/mol. The van der Waals surface area contributed by atoms with E-state index in [4.69, 9.17) is 14.2 Å². The van der Waals surface area contributed by atoms with Crippen molar-refractivity contribution in [2.75, 3.05) is 25.1 Å². The summed E-state index contributed by atoms with van der Waals surface area (Å²) in [6.45, 7) is 8.86. The second kappa shape index (κ2) is 10.6. The number of anilines is 1. The van der Waals surface area contributed by atoms with Crippen LogP contribution in [0.4, 0.5) is 5.69 Å². The maximum absolute atomic E-state index is 5.86. The van der Waals surface area contributed by atoms with Gasteiger partial charge in [0.15, 0.2) is 0 Å². The zero-order valence-corrected chi connectivity index (χ0v) is 15.5. The standard InChI is InChI=1S/C21H29NO3/c1-4-17(3)25-21-8-6-7-19(15-21)22-16-18-9-11-20(12-10-18)24-14-13-23-5-2/h6-12,15,17,22H,4-5,13-14,16H2,1-3H3. The molecule has 4 nitrogen and oxygen atoms in total. The van der Waals surface area contributed by atoms with Crippen molar-refractivity contribution in [1.29, 1.82) is 0 Å². The Balaban J connectivity index is 1.81. The first-order chi connectivity index (χ1) is 12.2. The predicted molar refractivity (Wildman–Crippen MR) is 103 cm³/mol. The molecule has 0 spiro atoms. The fourth-order valence-electron chi connectivity index (χ4n) is 2.27. The van der Waals surface area contributed by atoms with Crippen LogP contribution in [0.25, 0.3) is 0 Å². The van der Waals surface area contributed by atoms with Crippen LogP contribution in [-0.2, 0) is 11.3 Å². The molecule has 0 bridgehead atoms. The molecule has 0 aliphatic rings. The minimum absolute atomic E-state index is 0.227. The minimum atomic E-state index is 0.227. The molecule has 0 aliphatic carbocycles. The highest BCUT2D eigenvalue weighted by atomic mass is 16.5. The van der Waals surface area contributed by atoms with Crippen LogP contribution in [-0.4, -0.2) is 25.9 Å². The second-order valence-electron chi connectivity index (χ2n) is 5.91. The number of rotatable bonds is 11. The average molecular weight is 343 g/mol. The third kappa shape index (κ3) is 7.06. The molecule has 0 fully saturated rings. The van der Waals surface area contributed by atoms with Crippen molar-refractivity contribution in [1.82, 2.24) is 0 Å². The second-order valence-corrected chi connectivity index (χ2v) is 5.91. The first-order valence-electron chi connectivity index (χ1n) is 9.01. The van der Waals surface area contributed by atoms with E-state index in [1.54, 1.807) is 0 Å². The van der Waals surface area contributed by atoms with Crippen molar-refractivity contribution in [3.05, 3.63) is 54.1 Å². The lowest BCUT2D eigenvalue weighted by Gasteiger charge is -2.14. The Labute approximate surface area is 151 Å². The van der Waals surface area contributed by atoms with Crippen LogP contribution < -0.4 is 14.8 Å². The van der Waals surface area contributed by atoms with Gasteiger partial charge in [0, 0.05) is 24.9 Å². The molecule has 0 amide bonds. The zero-order valence-electron chi connectivity index (χ0n) is 15.5. The Morgan fingerprint density at radius 3 is 2.48 bits per heavy atom. The molecule has 136 valence electrons. The molecule has 0 aliphatic heterocycles. The van der Waals surface area contributed by atoms with Gasteiger partial charge in [-0.3, -0.25) is 0 Å². The molecule has 4 heteroatoms. The average Bonchev–Trinajstić information content (AvgIpc) is 2.65. The number of hydrogen-bond acceptors (Lipinski definition) is 4. The summed E-state index contributed by atoms with van der Waals surface area (Å²) in [5, 5.41) is 3.43. The SMILES string of the molecule is CCOCCOc1ccc(CNc2cccc(OC(C)CC)c2)cc1. The summed E-state index contributed by atoms with van der Waals surface area (Å²) in [6, 6.07) is 16.2. The van der Waals surface area contributed by atoms with Crippen LogP contribution >= 0.6 is 0 Å². The third-order valence-corrected chi connectivity index (χ3v) is 3.87. The van der Waals surface area contributed by atoms with Gasteiger partial charge in [-0.25, -0.2) is 0 Å². The lowest BCUT2D eigenvalue weighted by atomic mass is 10.2. The highest BCUT2D eigenvalue weighted by molar-refractivity contribution is 5.48. The van der Waals surface area contributed by atoms with Crippen LogP contribution in [0.3, 0.4) is 0 Å². The van der Waals surface area contributed by atoms with Gasteiger partial charge in [-0.05, 0) is 50.1 Å². The van der Waals surface area contributed by atoms with Crippen molar-refractivity contribution in [2.24, 2.45) is 0 Å². The highest BCUT2D eigenvalue weighted by Gasteiger charge is 2.02. The molecule has 0 saturated heterocycles. The third-order valence-electron chi connectivity index (χ3n) is 3.87. The van der Waals surface area contributed by atoms with Crippen molar-refractivity contribution in [2.45, 2.75) is 39.8 Å². The van der Waals surface area contributed by atoms with Gasteiger partial charge < -0.3 is 19.5 Å². The van der Waals surface area contributed by atoms with E-state index in [0.29, 0.717) is 13.2 Å². The van der Waals surface area contributed by atoms with E-state index in [2.05, 4.69) is 37.4 Å². The van der Waals surface area contributed by atoms with Crippen LogP contribution in [0.5, 0.6) is 11.5 Å². The van der Waals surface area contributed by atoms with Gasteiger partial charge in [0.1, 0.15) is 18.1 Å². The molecule has 0 saturated carbocycles. The lowest BCUT2D eigenvalue weighted by molar-refractivity contribution is 0.110. The first-order valence-corrected chi connectivity index (χ1v) is 9.01. The number of nitrogens with one attached hydrogen (secondary N) is 1. The van der Waals surface area contributed by atoms with Crippen LogP contribution in [0.15, 0.2) is 48.5 Å². The fourth-order valence-corrected chi connectivity index (χ4v) is 2.27. The van der Waals surface area contributed by atoms with E-state index in [1.807, 2.05) is 37.3 Å². The Bertz CT molecular complexity index is 613. The summed E-state index contributed by atoms with van der Waals surface area (Å²) in [6.07, 6.45) is 1.22. The molecule has 2 aromatic carbocycles. The maximum Gasteiger partial charge on any atom is 0.121 e. The molecule has 0 radical (unpaired) electrons. The van der Waals surface area contributed by atoms with E-state index in [1.165, 1.54) is 5.56 Å². The Kier molecular flexibility index (Phi) is 8.13. The molecule has 25 heavy (non-hydrogen) atoms. The predicted octanol–water partition coefficient (Wildman–Crippen LogP) is 4.89. The summed E-state index contributed by atoms with van der Waals surface area (Å²) >= 11 is 0. The molecule has 0 aromatic heterocycles. The lowest BCUT2D eigenvalue weighted by Crippen LogP contribution is -2.09. The molecule has 1 unspecified atom stereocenters. The van der Waals surface area contributed by atoms with E-state index >= 15 is 0 Å². The summed E-state index contributed by atoms with van der Waals surface area (Å²) < 4.78 is 16.7. The summed E-state index contributed by atoms with van der Waals surface area (Å²) in [5.41, 5.74) is 2.25. The van der Waals surface area contributed by atoms with Gasteiger partial charge in [-0.15, -0.1) is 0 Å². The van der Waals surface area contributed by atoms with Crippen molar-refractivity contribution >= 4 is 5.69 Å². The van der Waals surface area contributed by atoms with E-state index in [9.17, 15) is 0 Å². The number of hydrogen-bond donors (Lipinski definition) is 1. The minimum Gasteiger partial charge on any atom is -0.491 e. The first kappa shape index (κ1) is 19.1. The highest BCUT2D eigenvalue weighted by Crippen LogP contribution is 2.20. The van der Waals surface area contributed by atoms with E-state index in [0.717, 1.165) is 36.8 Å². The van der Waals surface area contributed by atoms with Crippen LogP contribution in [0, 0.1) is 0 Å². The zero-order chi connectivity index (χ0) is 17.9. The summed E-state index contributed by atoms with van der Waals surface area (Å²) in [7, 11) is 0. The quantitative estimate of drug-likeness (QED) is 0.590. The molecular formula is C21H29NO3. The Hall–Kier alpha value is -2.20. The normalized spacial score (nSPS) is 11.8. The van der Waals surface area contributed by atoms with Gasteiger partial charge in [-0.1, -0.05) is 25.1 Å². The van der Waals surface area contributed by atoms with Gasteiger partial charge in [-0.2, -0.15) is 0 Å². The smallest absolute Gasteiger partial charge is 0.121 e. The summed E-state index contributed by atoms with van der Waals surface area (Å²) in [5.74, 6) is 1.77. The Morgan fingerprint density at radius 2 is 1.76 bits per heavy atom. The molecule has 1 atom stereocenters. The number of ether oxygens (including phenoxy) is 3. The van der Waals surface area contributed by atoms with Crippen molar-refractivity contribution in [3.8, 4) is 11.5 Å². The maximum atomic E-state index is 5.86. The van der Waals surface area contributed by atoms with E-state index in [-0.39, 0.29) is 6.10 Å². The Morgan fingerprint density at radius 1 is 0.960 bits per heavy atom. The molecule has 1 N–H and O–H groups in total. The van der Waals surface area contributed by atoms with Gasteiger partial charge in [0.25, 0.3) is 0 Å². The largest absolute Gasteiger partial charge is 0.491 e. The summed E-state index contributed by atoms with van der Waals surface area (Å²) in [4.78, 5) is 0.